The van der Waals surface area contributed by atoms with Gasteiger partial charge in [0.15, 0.2) is 0 Å². The summed E-state index contributed by atoms with van der Waals surface area (Å²) in [4.78, 5) is 4.12. The highest BCUT2D eigenvalue weighted by Crippen LogP contribution is 2.38. The fraction of sp³-hybridized carbons (Fsp3) is 0.455. The third-order valence-corrected chi connectivity index (χ3v) is 7.83. The molecule has 0 aliphatic carbocycles. The van der Waals surface area contributed by atoms with Gasteiger partial charge in [0.1, 0.15) is 15.7 Å². The fourth-order valence-corrected chi connectivity index (χ4v) is 5.96. The molecule has 33 heavy (non-hydrogen) atoms. The number of hydrogen-bond donors (Lipinski definition) is 1. The highest BCUT2D eigenvalue weighted by Gasteiger charge is 2.44. The Kier molecular flexibility index (Phi) is 9.03. The van der Waals surface area contributed by atoms with Crippen molar-refractivity contribution >= 4 is 40.3 Å². The first kappa shape index (κ1) is 25.8. The van der Waals surface area contributed by atoms with E-state index < -0.39 is 17.9 Å². The monoisotopic (exact) mass is 518 g/mol. The summed E-state index contributed by atoms with van der Waals surface area (Å²) in [6.07, 6.45) is 10.5. The molecule has 0 saturated heterocycles. The zero-order valence-electron chi connectivity index (χ0n) is 18.8. The molecule has 0 saturated carbocycles. The van der Waals surface area contributed by atoms with E-state index in [4.69, 9.17) is 23.2 Å². The van der Waals surface area contributed by atoms with Gasteiger partial charge in [-0.1, -0.05) is 40.3 Å². The van der Waals surface area contributed by atoms with Crippen molar-refractivity contribution in [3.05, 3.63) is 57.9 Å². The number of anilines is 1. The molecule has 1 N–H and O–H groups in total. The maximum Gasteiger partial charge on any atom is 0.355 e. The summed E-state index contributed by atoms with van der Waals surface area (Å²) in [5, 5.41) is 4.53. The van der Waals surface area contributed by atoms with Crippen molar-refractivity contribution in [1.82, 2.24) is 19.3 Å². The van der Waals surface area contributed by atoms with Crippen molar-refractivity contribution in [1.29, 1.82) is 0 Å². The zero-order chi connectivity index (χ0) is 24.1. The SMILES string of the molecule is Cc1nn(C)c(C)c1N(C(F)F)[S+](O)c1c(Cl)cc(CCCCCCn2ccnc2)cc1Cl. The number of halogens is 4. The standard InChI is InChI=1S/C22H28Cl2F2N5OS/c1-15-20(16(2)29(3)28-15)31(22(25)26)33(32)21-18(23)12-17(13-19(21)24)8-6-4-5-7-10-30-11-9-27-14-30/h9,11-14,22,32H,4-8,10H2,1-3H3/q+1. The van der Waals surface area contributed by atoms with E-state index in [1.54, 1.807) is 39.2 Å². The van der Waals surface area contributed by atoms with Crippen molar-refractivity contribution in [2.24, 2.45) is 7.05 Å². The molecule has 0 spiro atoms. The molecule has 6 nitrogen and oxygen atoms in total. The molecule has 3 rings (SSSR count). The maximum absolute atomic E-state index is 14.0. The van der Waals surface area contributed by atoms with Crippen LogP contribution in [0.5, 0.6) is 0 Å². The second-order valence-corrected chi connectivity index (χ2v) is 10.0. The van der Waals surface area contributed by atoms with Gasteiger partial charge in [0, 0.05) is 26.0 Å². The lowest BCUT2D eigenvalue weighted by Crippen LogP contribution is -2.36. The Balaban J connectivity index is 1.66. The molecule has 0 aliphatic rings. The minimum Gasteiger partial charge on any atom is -0.337 e. The fourth-order valence-electron chi connectivity index (χ4n) is 3.77. The first-order valence-corrected chi connectivity index (χ1v) is 12.5. The molecule has 1 unspecified atom stereocenters. The van der Waals surface area contributed by atoms with E-state index in [0.29, 0.717) is 15.7 Å². The van der Waals surface area contributed by atoms with Gasteiger partial charge < -0.3 is 4.57 Å². The number of unbranched alkanes of at least 4 members (excludes halogenated alkanes) is 3. The number of imidazole rings is 1. The van der Waals surface area contributed by atoms with Gasteiger partial charge in [-0.3, -0.25) is 4.68 Å². The topological polar surface area (TPSA) is 59.1 Å². The van der Waals surface area contributed by atoms with Crippen LogP contribution in [0.15, 0.2) is 35.7 Å². The van der Waals surface area contributed by atoms with Crippen molar-refractivity contribution in [2.75, 3.05) is 4.31 Å². The van der Waals surface area contributed by atoms with Gasteiger partial charge in [-0.05, 0) is 50.8 Å². The number of aryl methyl sites for hydroxylation is 4. The Morgan fingerprint density at radius 3 is 2.33 bits per heavy atom. The first-order chi connectivity index (χ1) is 15.7. The first-order valence-electron chi connectivity index (χ1n) is 10.7. The van der Waals surface area contributed by atoms with Gasteiger partial charge in [0.05, 0.1) is 17.7 Å². The number of nitrogens with zero attached hydrogens (tertiary/aromatic N) is 5. The van der Waals surface area contributed by atoms with Gasteiger partial charge in [0.25, 0.3) is 4.90 Å². The highest BCUT2D eigenvalue weighted by molar-refractivity contribution is 7.93. The maximum atomic E-state index is 14.0. The second-order valence-electron chi connectivity index (χ2n) is 7.86. The van der Waals surface area contributed by atoms with Crippen molar-refractivity contribution < 1.29 is 13.3 Å². The Labute approximate surface area is 205 Å². The summed E-state index contributed by atoms with van der Waals surface area (Å²) in [5.41, 5.74) is 1.98. The van der Waals surface area contributed by atoms with Crippen LogP contribution in [0.1, 0.15) is 42.6 Å². The number of aromatic nitrogens is 4. The van der Waals surface area contributed by atoms with E-state index in [1.165, 1.54) is 4.68 Å². The quantitative estimate of drug-likeness (QED) is 0.180. The lowest BCUT2D eigenvalue weighted by molar-refractivity contribution is 0.162. The summed E-state index contributed by atoms with van der Waals surface area (Å²) in [7, 11) is 1.66. The molecule has 2 heterocycles. The highest BCUT2D eigenvalue weighted by atomic mass is 35.5. The summed E-state index contributed by atoms with van der Waals surface area (Å²) in [5.74, 6) is 0. The number of rotatable bonds is 11. The Morgan fingerprint density at radius 2 is 1.79 bits per heavy atom. The van der Waals surface area contributed by atoms with E-state index >= 15 is 0 Å². The van der Waals surface area contributed by atoms with E-state index in [1.807, 2.05) is 12.5 Å². The number of hydrogen-bond acceptors (Lipinski definition) is 4. The normalized spacial score (nSPS) is 12.5. The van der Waals surface area contributed by atoms with E-state index in [9.17, 15) is 13.3 Å². The van der Waals surface area contributed by atoms with Gasteiger partial charge >= 0.3 is 17.9 Å². The molecule has 0 amide bonds. The third-order valence-electron chi connectivity index (χ3n) is 5.49. The van der Waals surface area contributed by atoms with Crippen molar-refractivity contribution in [3.8, 4) is 0 Å². The molecule has 0 fully saturated rings. The third kappa shape index (κ3) is 6.20. The molecule has 1 atom stereocenters. The minimum atomic E-state index is -2.96. The minimum absolute atomic E-state index is 0.0883. The summed E-state index contributed by atoms with van der Waals surface area (Å²) < 4.78 is 43.2. The molecule has 0 bridgehead atoms. The average molecular weight is 519 g/mol. The van der Waals surface area contributed by atoms with Crippen LogP contribution in [0.2, 0.25) is 10.0 Å². The Hall–Kier alpha value is -1.81. The molecule has 11 heteroatoms. The van der Waals surface area contributed by atoms with Crippen LogP contribution < -0.4 is 4.31 Å². The summed E-state index contributed by atoms with van der Waals surface area (Å²) >= 11 is 10.8. The zero-order valence-corrected chi connectivity index (χ0v) is 21.1. The van der Waals surface area contributed by atoms with Crippen molar-refractivity contribution in [3.63, 3.8) is 0 Å². The smallest absolute Gasteiger partial charge is 0.337 e. The molecule has 2 aromatic heterocycles. The number of alkyl halides is 2. The number of benzene rings is 1. The van der Waals surface area contributed by atoms with E-state index in [2.05, 4.69) is 14.6 Å². The Morgan fingerprint density at radius 1 is 1.12 bits per heavy atom. The summed E-state index contributed by atoms with van der Waals surface area (Å²) in [6.45, 7) is 1.27. The van der Waals surface area contributed by atoms with Gasteiger partial charge in [0.2, 0.25) is 0 Å². The molecule has 3 aromatic rings. The van der Waals surface area contributed by atoms with Gasteiger partial charge in [-0.15, -0.1) is 0 Å². The van der Waals surface area contributed by atoms with E-state index in [0.717, 1.165) is 44.2 Å². The summed E-state index contributed by atoms with van der Waals surface area (Å²) in [6, 6.07) is 3.41. The van der Waals surface area contributed by atoms with Crippen molar-refractivity contribution in [2.45, 2.75) is 63.9 Å². The van der Waals surface area contributed by atoms with E-state index in [-0.39, 0.29) is 20.6 Å². The van der Waals surface area contributed by atoms with Crippen LogP contribution in [-0.2, 0) is 31.4 Å². The lowest BCUT2D eigenvalue weighted by atomic mass is 10.1. The van der Waals surface area contributed by atoms with Crippen LogP contribution in [0.3, 0.4) is 0 Å². The van der Waals surface area contributed by atoms with Crippen LogP contribution in [0.25, 0.3) is 0 Å². The van der Waals surface area contributed by atoms with Crippen LogP contribution >= 0.6 is 23.2 Å². The molecular weight excluding hydrogens is 491 g/mol. The molecular formula is C22H28Cl2F2N5OS+. The largest absolute Gasteiger partial charge is 0.355 e. The molecule has 0 aliphatic heterocycles. The average Bonchev–Trinajstić information content (AvgIpc) is 3.34. The van der Waals surface area contributed by atoms with Crippen LogP contribution in [-0.4, -0.2) is 30.4 Å². The predicted molar refractivity (Wildman–Crippen MR) is 130 cm³/mol. The molecule has 1 aromatic carbocycles. The lowest BCUT2D eigenvalue weighted by Gasteiger charge is -2.19. The molecule has 0 radical (unpaired) electrons. The van der Waals surface area contributed by atoms with Crippen LogP contribution in [0, 0.1) is 13.8 Å². The second kappa shape index (κ2) is 11.6. The van der Waals surface area contributed by atoms with Gasteiger partial charge in [-0.2, -0.15) is 18.4 Å². The molecule has 180 valence electrons. The Bertz CT molecular complexity index is 1040. The van der Waals surface area contributed by atoms with Crippen LogP contribution in [0.4, 0.5) is 14.5 Å². The predicted octanol–water partition coefficient (Wildman–Crippen LogP) is 6.44. The van der Waals surface area contributed by atoms with Gasteiger partial charge in [-0.25, -0.2) is 4.98 Å².